The number of amides is 1. The van der Waals surface area contributed by atoms with Crippen molar-refractivity contribution in [3.8, 4) is 0 Å². The van der Waals surface area contributed by atoms with Crippen molar-refractivity contribution in [1.29, 1.82) is 0 Å². The molecule has 2 aromatic heterocycles. The van der Waals surface area contributed by atoms with E-state index in [1.54, 1.807) is 35.6 Å². The molecule has 0 aliphatic carbocycles. The molecule has 6 nitrogen and oxygen atoms in total. The van der Waals surface area contributed by atoms with E-state index in [4.69, 9.17) is 0 Å². The van der Waals surface area contributed by atoms with Crippen LogP contribution in [-0.2, 0) is 27.6 Å². The standard InChI is InChI=1S/C17H17N3O3S3/c1-26(22,23)15-6-4-12(5-7-15)19-17-20-13(11-25-17)9-16(21)18-10-14-3-2-8-24-14/h2-8,11H,9-10H2,1H3,(H,18,21)(H,19,20). The number of rotatable bonds is 7. The molecule has 1 amide bonds. The highest BCUT2D eigenvalue weighted by Crippen LogP contribution is 2.22. The number of carbonyl (C=O) groups excluding carboxylic acids is 1. The van der Waals surface area contributed by atoms with Crippen LogP contribution in [0.15, 0.2) is 52.1 Å². The highest BCUT2D eigenvalue weighted by Gasteiger charge is 2.09. The average molecular weight is 408 g/mol. The van der Waals surface area contributed by atoms with Crippen LogP contribution in [0.1, 0.15) is 10.6 Å². The zero-order valence-electron chi connectivity index (χ0n) is 13.9. The molecule has 3 aromatic rings. The highest BCUT2D eigenvalue weighted by atomic mass is 32.2. The average Bonchev–Trinajstić information content (AvgIpc) is 3.25. The lowest BCUT2D eigenvalue weighted by atomic mass is 10.3. The van der Waals surface area contributed by atoms with E-state index in [-0.39, 0.29) is 17.2 Å². The van der Waals surface area contributed by atoms with E-state index in [1.807, 2.05) is 22.9 Å². The second kappa shape index (κ2) is 7.98. The maximum atomic E-state index is 12.0. The molecule has 0 saturated heterocycles. The summed E-state index contributed by atoms with van der Waals surface area (Å²) in [6, 6.07) is 10.4. The first-order valence-corrected chi connectivity index (χ1v) is 11.4. The molecule has 0 spiro atoms. The first-order chi connectivity index (χ1) is 12.4. The number of hydrogen-bond acceptors (Lipinski definition) is 7. The predicted molar refractivity (Wildman–Crippen MR) is 105 cm³/mol. The Morgan fingerprint density at radius 3 is 2.58 bits per heavy atom. The van der Waals surface area contributed by atoms with Gasteiger partial charge in [0.15, 0.2) is 15.0 Å². The molecule has 3 rings (SSSR count). The summed E-state index contributed by atoms with van der Waals surface area (Å²) in [7, 11) is -3.21. The van der Waals surface area contributed by atoms with Gasteiger partial charge in [0.05, 0.1) is 23.6 Å². The van der Waals surface area contributed by atoms with Gasteiger partial charge in [-0.25, -0.2) is 13.4 Å². The highest BCUT2D eigenvalue weighted by molar-refractivity contribution is 7.90. The lowest BCUT2D eigenvalue weighted by Crippen LogP contribution is -2.24. The fourth-order valence-corrected chi connectivity index (χ4v) is 4.19. The van der Waals surface area contributed by atoms with Crippen molar-refractivity contribution in [2.75, 3.05) is 11.6 Å². The Morgan fingerprint density at radius 2 is 1.92 bits per heavy atom. The summed E-state index contributed by atoms with van der Waals surface area (Å²) in [6.07, 6.45) is 1.39. The summed E-state index contributed by atoms with van der Waals surface area (Å²) < 4.78 is 22.9. The van der Waals surface area contributed by atoms with E-state index in [0.717, 1.165) is 10.6 Å². The molecule has 0 fully saturated rings. The van der Waals surface area contributed by atoms with Gasteiger partial charge in [-0.15, -0.1) is 22.7 Å². The summed E-state index contributed by atoms with van der Waals surface area (Å²) in [5, 5.41) is 10.4. The minimum absolute atomic E-state index is 0.0762. The second-order valence-corrected chi connectivity index (χ2v) is 9.50. The lowest BCUT2D eigenvalue weighted by Gasteiger charge is -2.04. The van der Waals surface area contributed by atoms with Crippen molar-refractivity contribution in [3.63, 3.8) is 0 Å². The third kappa shape index (κ3) is 5.13. The number of benzene rings is 1. The fourth-order valence-electron chi connectivity index (χ4n) is 2.18. The van der Waals surface area contributed by atoms with Gasteiger partial charge in [-0.3, -0.25) is 4.79 Å². The fraction of sp³-hybridized carbons (Fsp3) is 0.176. The number of aromatic nitrogens is 1. The lowest BCUT2D eigenvalue weighted by molar-refractivity contribution is -0.120. The molecular weight excluding hydrogens is 390 g/mol. The van der Waals surface area contributed by atoms with Crippen LogP contribution in [-0.4, -0.2) is 25.6 Å². The summed E-state index contributed by atoms with van der Waals surface area (Å²) in [4.78, 5) is 17.8. The van der Waals surface area contributed by atoms with Crippen molar-refractivity contribution < 1.29 is 13.2 Å². The number of anilines is 2. The van der Waals surface area contributed by atoms with Gasteiger partial charge in [0.25, 0.3) is 0 Å². The minimum atomic E-state index is -3.21. The summed E-state index contributed by atoms with van der Waals surface area (Å²) in [5.74, 6) is -0.0762. The molecule has 0 bridgehead atoms. The maximum Gasteiger partial charge on any atom is 0.226 e. The van der Waals surface area contributed by atoms with E-state index in [1.165, 1.54) is 17.6 Å². The molecule has 9 heteroatoms. The van der Waals surface area contributed by atoms with Gasteiger partial charge in [0.1, 0.15) is 0 Å². The molecule has 0 atom stereocenters. The van der Waals surface area contributed by atoms with Gasteiger partial charge in [0.2, 0.25) is 5.91 Å². The van der Waals surface area contributed by atoms with Crippen LogP contribution in [0.4, 0.5) is 10.8 Å². The van der Waals surface area contributed by atoms with E-state index in [0.29, 0.717) is 17.4 Å². The van der Waals surface area contributed by atoms with Gasteiger partial charge >= 0.3 is 0 Å². The number of thiazole rings is 1. The topological polar surface area (TPSA) is 88.2 Å². The third-order valence-electron chi connectivity index (χ3n) is 3.47. The van der Waals surface area contributed by atoms with E-state index in [9.17, 15) is 13.2 Å². The smallest absolute Gasteiger partial charge is 0.226 e. The normalized spacial score (nSPS) is 11.3. The van der Waals surface area contributed by atoms with Crippen LogP contribution in [0, 0.1) is 0 Å². The SMILES string of the molecule is CS(=O)(=O)c1ccc(Nc2nc(CC(=O)NCc3cccs3)cs2)cc1. The minimum Gasteiger partial charge on any atom is -0.351 e. The van der Waals surface area contributed by atoms with Crippen LogP contribution < -0.4 is 10.6 Å². The second-order valence-electron chi connectivity index (χ2n) is 5.60. The zero-order valence-corrected chi connectivity index (χ0v) is 16.4. The largest absolute Gasteiger partial charge is 0.351 e. The Balaban J connectivity index is 1.55. The molecule has 1 aromatic carbocycles. The Labute approximate surface area is 159 Å². The van der Waals surface area contributed by atoms with E-state index < -0.39 is 9.84 Å². The molecule has 0 aliphatic rings. The van der Waals surface area contributed by atoms with Gasteiger partial charge < -0.3 is 10.6 Å². The number of hydrogen-bond donors (Lipinski definition) is 2. The molecular formula is C17H17N3O3S3. The van der Waals surface area contributed by atoms with Crippen molar-refractivity contribution in [2.24, 2.45) is 0 Å². The molecule has 0 aliphatic heterocycles. The molecule has 2 heterocycles. The summed E-state index contributed by atoms with van der Waals surface area (Å²) >= 11 is 3.00. The molecule has 0 unspecified atom stereocenters. The summed E-state index contributed by atoms with van der Waals surface area (Å²) in [5.41, 5.74) is 1.43. The number of nitrogens with one attached hydrogen (secondary N) is 2. The molecule has 26 heavy (non-hydrogen) atoms. The number of thiophene rings is 1. The molecule has 0 saturated carbocycles. The molecule has 0 radical (unpaired) electrons. The molecule has 136 valence electrons. The number of carbonyl (C=O) groups is 1. The quantitative estimate of drug-likeness (QED) is 0.628. The monoisotopic (exact) mass is 407 g/mol. The zero-order chi connectivity index (χ0) is 18.6. The van der Waals surface area contributed by atoms with Crippen molar-refractivity contribution in [2.45, 2.75) is 17.9 Å². The van der Waals surface area contributed by atoms with E-state index >= 15 is 0 Å². The van der Waals surface area contributed by atoms with Crippen LogP contribution in [0.2, 0.25) is 0 Å². The number of nitrogens with zero attached hydrogens (tertiary/aromatic N) is 1. The van der Waals surface area contributed by atoms with Crippen molar-refractivity contribution in [1.82, 2.24) is 10.3 Å². The van der Waals surface area contributed by atoms with Gasteiger partial charge in [-0.05, 0) is 35.7 Å². The van der Waals surface area contributed by atoms with Crippen LogP contribution in [0.3, 0.4) is 0 Å². The van der Waals surface area contributed by atoms with Crippen LogP contribution >= 0.6 is 22.7 Å². The Hall–Kier alpha value is -2.23. The van der Waals surface area contributed by atoms with Crippen molar-refractivity contribution >= 4 is 49.2 Å². The van der Waals surface area contributed by atoms with Crippen LogP contribution in [0.5, 0.6) is 0 Å². The van der Waals surface area contributed by atoms with Crippen LogP contribution in [0.25, 0.3) is 0 Å². The molecule has 2 N–H and O–H groups in total. The Kier molecular flexibility index (Phi) is 5.70. The number of sulfone groups is 1. The van der Waals surface area contributed by atoms with Gasteiger partial charge in [-0.1, -0.05) is 6.07 Å². The van der Waals surface area contributed by atoms with Crippen molar-refractivity contribution in [3.05, 3.63) is 57.7 Å². The summed E-state index contributed by atoms with van der Waals surface area (Å²) in [6.45, 7) is 0.526. The predicted octanol–water partition coefficient (Wildman–Crippen LogP) is 3.21. The first kappa shape index (κ1) is 18.6. The van der Waals surface area contributed by atoms with E-state index in [2.05, 4.69) is 15.6 Å². The third-order valence-corrected chi connectivity index (χ3v) is 6.28. The Bertz CT molecular complexity index is 978. The van der Waals surface area contributed by atoms with Gasteiger partial charge in [0, 0.05) is 22.2 Å². The van der Waals surface area contributed by atoms with Gasteiger partial charge in [-0.2, -0.15) is 0 Å². The Morgan fingerprint density at radius 1 is 1.15 bits per heavy atom. The first-order valence-electron chi connectivity index (χ1n) is 7.71. The maximum absolute atomic E-state index is 12.0.